The largest absolute Gasteiger partial charge is 0.454 e. The Morgan fingerprint density at radius 2 is 1.44 bits per heavy atom. The van der Waals surface area contributed by atoms with Crippen LogP contribution in [0.4, 0.5) is 0 Å². The van der Waals surface area contributed by atoms with E-state index in [4.69, 9.17) is 9.40 Å². The van der Waals surface area contributed by atoms with E-state index in [1.165, 1.54) is 21.8 Å². The number of hydrogen-bond donors (Lipinski definition) is 0. The van der Waals surface area contributed by atoms with Crippen molar-refractivity contribution in [3.8, 4) is 11.3 Å². The standard InChI is InChI=1S/C29H16N2O/c1-4-10-22-17(7-1)13-16-23(30-22)20-15-14-19-18-8-2-5-11-24(18)31-27(19)26(20)29-28(31)21-9-3-6-12-25(21)32-29/h1-16H. The summed E-state index contributed by atoms with van der Waals surface area (Å²) in [5, 5.41) is 5.92. The third kappa shape index (κ3) is 1.89. The molecule has 0 unspecified atom stereocenters. The molecule has 0 aliphatic rings. The van der Waals surface area contributed by atoms with Crippen LogP contribution >= 0.6 is 0 Å². The van der Waals surface area contributed by atoms with Crippen LogP contribution in [0.15, 0.2) is 101 Å². The fraction of sp³-hybridized carbons (Fsp3) is 0. The number of benzene rings is 4. The summed E-state index contributed by atoms with van der Waals surface area (Å²) in [5.41, 5.74) is 8.46. The van der Waals surface area contributed by atoms with Gasteiger partial charge in [0.05, 0.1) is 27.6 Å². The van der Waals surface area contributed by atoms with Gasteiger partial charge in [-0.15, -0.1) is 0 Å². The van der Waals surface area contributed by atoms with Gasteiger partial charge < -0.3 is 8.82 Å². The maximum atomic E-state index is 6.49. The smallest absolute Gasteiger partial charge is 0.162 e. The molecule has 3 heteroatoms. The number of para-hydroxylation sites is 3. The van der Waals surface area contributed by atoms with Gasteiger partial charge in [0.1, 0.15) is 11.1 Å². The maximum absolute atomic E-state index is 6.49. The topological polar surface area (TPSA) is 30.4 Å². The number of fused-ring (bicyclic) bond motifs is 9. The molecule has 0 aliphatic heterocycles. The number of pyridine rings is 1. The Labute approximate surface area is 182 Å². The molecule has 8 rings (SSSR count). The van der Waals surface area contributed by atoms with E-state index in [1.54, 1.807) is 0 Å². The molecular formula is C29H16N2O. The molecule has 0 atom stereocenters. The van der Waals surface area contributed by atoms with Crippen molar-refractivity contribution in [2.45, 2.75) is 0 Å². The van der Waals surface area contributed by atoms with E-state index in [2.05, 4.69) is 83.3 Å². The molecule has 8 aromatic rings. The molecule has 4 heterocycles. The Morgan fingerprint density at radius 1 is 0.625 bits per heavy atom. The molecule has 0 fully saturated rings. The van der Waals surface area contributed by atoms with Crippen molar-refractivity contribution in [1.29, 1.82) is 0 Å². The fourth-order valence-corrected chi connectivity index (χ4v) is 5.37. The van der Waals surface area contributed by atoms with Gasteiger partial charge in [0.15, 0.2) is 5.58 Å². The molecule has 0 spiro atoms. The number of aromatic nitrogens is 2. The molecule has 0 saturated carbocycles. The van der Waals surface area contributed by atoms with Crippen molar-refractivity contribution in [3.63, 3.8) is 0 Å². The minimum Gasteiger partial charge on any atom is -0.454 e. The lowest BCUT2D eigenvalue weighted by Crippen LogP contribution is -1.86. The number of nitrogens with zero attached hydrogens (tertiary/aromatic N) is 2. The van der Waals surface area contributed by atoms with E-state index < -0.39 is 0 Å². The normalized spacial score (nSPS) is 12.4. The Morgan fingerprint density at radius 3 is 2.41 bits per heavy atom. The van der Waals surface area contributed by atoms with Crippen molar-refractivity contribution in [1.82, 2.24) is 9.38 Å². The molecule has 3 nitrogen and oxygen atoms in total. The van der Waals surface area contributed by atoms with E-state index in [0.29, 0.717) is 0 Å². The number of rotatable bonds is 1. The average Bonchev–Trinajstić information content (AvgIpc) is 3.49. The Bertz CT molecular complexity index is 1990. The maximum Gasteiger partial charge on any atom is 0.162 e. The SMILES string of the molecule is c1ccc2nc(-c3ccc4c5ccccc5n5c6c7ccccc7oc6c3c45)ccc2c1. The summed E-state index contributed by atoms with van der Waals surface area (Å²) in [4.78, 5) is 5.01. The first-order chi connectivity index (χ1) is 15.9. The monoisotopic (exact) mass is 408 g/mol. The highest BCUT2D eigenvalue weighted by Crippen LogP contribution is 2.46. The average molecular weight is 408 g/mol. The Balaban J connectivity index is 1.63. The quantitative estimate of drug-likeness (QED) is 0.277. The summed E-state index contributed by atoms with van der Waals surface area (Å²) in [5.74, 6) is 0. The molecule has 0 N–H and O–H groups in total. The Kier molecular flexibility index (Phi) is 2.89. The predicted octanol–water partition coefficient (Wildman–Crippen LogP) is 7.80. The van der Waals surface area contributed by atoms with Gasteiger partial charge in [0.25, 0.3) is 0 Å². The van der Waals surface area contributed by atoms with Crippen LogP contribution in [0.1, 0.15) is 0 Å². The molecular weight excluding hydrogens is 392 g/mol. The lowest BCUT2D eigenvalue weighted by molar-refractivity contribution is 0.673. The van der Waals surface area contributed by atoms with Crippen LogP contribution in [0, 0.1) is 0 Å². The van der Waals surface area contributed by atoms with E-state index >= 15 is 0 Å². The van der Waals surface area contributed by atoms with E-state index in [0.717, 1.165) is 49.6 Å². The molecule has 0 radical (unpaired) electrons. The minimum absolute atomic E-state index is 0.912. The van der Waals surface area contributed by atoms with Crippen LogP contribution in [-0.2, 0) is 0 Å². The highest BCUT2D eigenvalue weighted by atomic mass is 16.3. The lowest BCUT2D eigenvalue weighted by atomic mass is 10.0. The molecule has 0 saturated heterocycles. The Hall–Kier alpha value is -4.37. The second-order valence-corrected chi connectivity index (χ2v) is 8.40. The van der Waals surface area contributed by atoms with Crippen molar-refractivity contribution in [2.75, 3.05) is 0 Å². The summed E-state index contributed by atoms with van der Waals surface area (Å²) in [6.45, 7) is 0. The number of furan rings is 1. The van der Waals surface area contributed by atoms with Crippen molar-refractivity contribution in [3.05, 3.63) is 97.1 Å². The van der Waals surface area contributed by atoms with Gasteiger partial charge in [-0.2, -0.15) is 0 Å². The van der Waals surface area contributed by atoms with Crippen molar-refractivity contribution < 1.29 is 4.42 Å². The summed E-state index contributed by atoms with van der Waals surface area (Å²) < 4.78 is 8.87. The molecule has 0 aliphatic carbocycles. The zero-order valence-electron chi connectivity index (χ0n) is 17.0. The highest BCUT2D eigenvalue weighted by molar-refractivity contribution is 6.29. The van der Waals surface area contributed by atoms with Crippen molar-refractivity contribution >= 4 is 60.2 Å². The van der Waals surface area contributed by atoms with E-state index in [9.17, 15) is 0 Å². The van der Waals surface area contributed by atoms with Gasteiger partial charge in [0, 0.05) is 27.1 Å². The summed E-state index contributed by atoms with van der Waals surface area (Å²) in [7, 11) is 0. The van der Waals surface area contributed by atoms with Gasteiger partial charge in [-0.1, -0.05) is 66.7 Å². The minimum atomic E-state index is 0.912. The fourth-order valence-electron chi connectivity index (χ4n) is 5.37. The van der Waals surface area contributed by atoms with Gasteiger partial charge in [-0.3, -0.25) is 0 Å². The molecule has 0 amide bonds. The third-order valence-corrected chi connectivity index (χ3v) is 6.73. The van der Waals surface area contributed by atoms with Gasteiger partial charge >= 0.3 is 0 Å². The van der Waals surface area contributed by atoms with Crippen LogP contribution in [-0.4, -0.2) is 9.38 Å². The van der Waals surface area contributed by atoms with Gasteiger partial charge in [-0.05, 0) is 30.3 Å². The second-order valence-electron chi connectivity index (χ2n) is 8.40. The summed E-state index contributed by atoms with van der Waals surface area (Å²) in [6.07, 6.45) is 0. The molecule has 32 heavy (non-hydrogen) atoms. The number of hydrogen-bond acceptors (Lipinski definition) is 2. The van der Waals surface area contributed by atoms with E-state index in [1.807, 2.05) is 18.2 Å². The molecule has 0 bridgehead atoms. The van der Waals surface area contributed by atoms with Gasteiger partial charge in [0.2, 0.25) is 0 Å². The van der Waals surface area contributed by atoms with Gasteiger partial charge in [-0.25, -0.2) is 4.98 Å². The van der Waals surface area contributed by atoms with Crippen LogP contribution in [0.25, 0.3) is 71.4 Å². The molecule has 4 aromatic heterocycles. The zero-order valence-corrected chi connectivity index (χ0v) is 17.0. The third-order valence-electron chi connectivity index (χ3n) is 6.73. The second kappa shape index (κ2) is 5.65. The first kappa shape index (κ1) is 16.3. The highest BCUT2D eigenvalue weighted by Gasteiger charge is 2.24. The predicted molar refractivity (Wildman–Crippen MR) is 132 cm³/mol. The molecule has 4 aromatic carbocycles. The summed E-state index contributed by atoms with van der Waals surface area (Å²) >= 11 is 0. The lowest BCUT2D eigenvalue weighted by Gasteiger charge is -2.06. The van der Waals surface area contributed by atoms with Crippen LogP contribution < -0.4 is 0 Å². The first-order valence-electron chi connectivity index (χ1n) is 10.8. The van der Waals surface area contributed by atoms with E-state index in [-0.39, 0.29) is 0 Å². The zero-order chi connectivity index (χ0) is 20.8. The van der Waals surface area contributed by atoms with Crippen LogP contribution in [0.2, 0.25) is 0 Å². The van der Waals surface area contributed by atoms with Crippen LogP contribution in [0.5, 0.6) is 0 Å². The van der Waals surface area contributed by atoms with Crippen molar-refractivity contribution in [2.24, 2.45) is 0 Å². The van der Waals surface area contributed by atoms with Crippen LogP contribution in [0.3, 0.4) is 0 Å². The summed E-state index contributed by atoms with van der Waals surface area (Å²) in [6, 6.07) is 33.9. The first-order valence-corrected chi connectivity index (χ1v) is 10.8. The molecule has 148 valence electrons.